The van der Waals surface area contributed by atoms with E-state index in [2.05, 4.69) is 12.2 Å². The van der Waals surface area contributed by atoms with Crippen molar-refractivity contribution in [2.75, 3.05) is 0 Å². The zero-order chi connectivity index (χ0) is 5.66. The summed E-state index contributed by atoms with van der Waals surface area (Å²) < 4.78 is 0. The summed E-state index contributed by atoms with van der Waals surface area (Å²) in [6.07, 6.45) is 17.0. The summed E-state index contributed by atoms with van der Waals surface area (Å²) in [5, 5.41) is 0. The maximum Gasteiger partial charge on any atom is 1.00 e. The van der Waals surface area contributed by atoms with Crippen molar-refractivity contribution in [2.45, 2.75) is 0 Å². The van der Waals surface area contributed by atoms with Gasteiger partial charge in [-0.1, -0.05) is 0 Å². The Labute approximate surface area is 106 Å². The molecule has 0 spiro atoms. The van der Waals surface area contributed by atoms with Gasteiger partial charge in [0.1, 0.15) is 0 Å². The predicted molar refractivity (Wildman–Crippen MR) is 33.9 cm³/mol. The Morgan fingerprint density at radius 2 is 1.00 bits per heavy atom. The molecular formula is C8H6Na2. The second-order valence-electron chi connectivity index (χ2n) is 1.39. The predicted octanol–water partition coefficient (Wildman–Crippen LogP) is -4.16. The molecule has 1 aliphatic rings. The van der Waals surface area contributed by atoms with E-state index in [1.807, 2.05) is 36.5 Å². The van der Waals surface area contributed by atoms with Gasteiger partial charge >= 0.3 is 59.1 Å². The van der Waals surface area contributed by atoms with Gasteiger partial charge in [0.15, 0.2) is 0 Å². The minimum absolute atomic E-state index is 0. The van der Waals surface area contributed by atoms with Crippen LogP contribution >= 0.6 is 0 Å². The summed E-state index contributed by atoms with van der Waals surface area (Å²) >= 11 is 0. The molecule has 0 saturated heterocycles. The summed E-state index contributed by atoms with van der Waals surface area (Å²) in [5.74, 6) is 0. The van der Waals surface area contributed by atoms with Crippen LogP contribution < -0.4 is 59.1 Å². The van der Waals surface area contributed by atoms with Gasteiger partial charge in [0.2, 0.25) is 0 Å². The number of hydrogen-bond donors (Lipinski definition) is 0. The molecule has 0 aromatic rings. The van der Waals surface area contributed by atoms with E-state index in [9.17, 15) is 0 Å². The molecule has 0 unspecified atom stereocenters. The third kappa shape index (κ3) is 7.07. The van der Waals surface area contributed by atoms with Gasteiger partial charge < -0.3 is 12.2 Å². The molecule has 0 fully saturated rings. The summed E-state index contributed by atoms with van der Waals surface area (Å²) in [6.45, 7) is 0. The third-order valence-corrected chi connectivity index (χ3v) is 0.776. The fourth-order valence-electron chi connectivity index (χ4n) is 0.432. The monoisotopic (exact) mass is 148 g/mol. The van der Waals surface area contributed by atoms with Gasteiger partial charge in [-0.3, -0.25) is 12.2 Å². The zero-order valence-corrected chi connectivity index (χ0v) is 10.5. The van der Waals surface area contributed by atoms with Gasteiger partial charge in [-0.2, -0.15) is 0 Å². The minimum atomic E-state index is 0. The van der Waals surface area contributed by atoms with Gasteiger partial charge in [0, 0.05) is 0 Å². The zero-order valence-electron chi connectivity index (χ0n) is 6.46. The van der Waals surface area contributed by atoms with Crippen molar-refractivity contribution in [1.82, 2.24) is 0 Å². The minimum Gasteiger partial charge on any atom is -0.325 e. The van der Waals surface area contributed by atoms with Crippen LogP contribution in [-0.4, -0.2) is 0 Å². The van der Waals surface area contributed by atoms with Crippen LogP contribution in [0.3, 0.4) is 0 Å². The first-order valence-corrected chi connectivity index (χ1v) is 2.49. The Bertz CT molecular complexity index is 108. The topological polar surface area (TPSA) is 0 Å². The standard InChI is InChI=1S/C8H6.2Na/c1-2-4-6-8-7-5-3-1;;/h1-6H;;/q-2;2*+1. The van der Waals surface area contributed by atoms with E-state index in [1.54, 1.807) is 0 Å². The summed E-state index contributed by atoms with van der Waals surface area (Å²) in [6, 6.07) is 0. The van der Waals surface area contributed by atoms with Crippen LogP contribution in [0.15, 0.2) is 36.5 Å². The molecule has 1 aliphatic carbocycles. The Morgan fingerprint density at radius 1 is 0.600 bits per heavy atom. The average molecular weight is 148 g/mol. The van der Waals surface area contributed by atoms with Gasteiger partial charge in [-0.15, -0.1) is 12.2 Å². The van der Waals surface area contributed by atoms with E-state index in [1.165, 1.54) is 0 Å². The molecule has 0 radical (unpaired) electrons. The largest absolute Gasteiger partial charge is 1.00 e. The van der Waals surface area contributed by atoms with Crippen molar-refractivity contribution in [2.24, 2.45) is 0 Å². The fraction of sp³-hybridized carbons (Fsp3) is 0. The SMILES string of the molecule is [C-]1=[C-]C=CC=CC=C1.[Na+].[Na+]. The van der Waals surface area contributed by atoms with Gasteiger partial charge in [0.25, 0.3) is 0 Å². The first kappa shape index (κ1) is 13.5. The molecule has 10 heavy (non-hydrogen) atoms. The van der Waals surface area contributed by atoms with Crippen molar-refractivity contribution in [1.29, 1.82) is 0 Å². The molecule has 0 heterocycles. The second kappa shape index (κ2) is 9.96. The van der Waals surface area contributed by atoms with Crippen molar-refractivity contribution in [3.63, 3.8) is 0 Å². The van der Waals surface area contributed by atoms with E-state index in [0.29, 0.717) is 0 Å². The van der Waals surface area contributed by atoms with Crippen LogP contribution in [0.1, 0.15) is 0 Å². The molecule has 0 aromatic carbocycles. The number of rotatable bonds is 0. The normalized spacial score (nSPS) is 12.8. The first-order chi connectivity index (χ1) is 4.00. The molecule has 0 nitrogen and oxygen atoms in total. The Kier molecular flexibility index (Phi) is 13.5. The smallest absolute Gasteiger partial charge is 0.325 e. The van der Waals surface area contributed by atoms with Gasteiger partial charge in [-0.25, -0.2) is 12.2 Å². The molecule has 0 amide bonds. The fourth-order valence-corrected chi connectivity index (χ4v) is 0.432. The maximum atomic E-state index is 2.82. The van der Waals surface area contributed by atoms with Crippen molar-refractivity contribution >= 4 is 0 Å². The quantitative estimate of drug-likeness (QED) is 0.241. The molecule has 0 aliphatic heterocycles. The van der Waals surface area contributed by atoms with Gasteiger partial charge in [-0.05, 0) is 0 Å². The second-order valence-corrected chi connectivity index (χ2v) is 1.39. The van der Waals surface area contributed by atoms with Crippen LogP contribution in [0.2, 0.25) is 0 Å². The third-order valence-electron chi connectivity index (χ3n) is 0.776. The molecule has 0 aromatic heterocycles. The molecule has 0 atom stereocenters. The number of allylic oxidation sites excluding steroid dienone is 8. The van der Waals surface area contributed by atoms with E-state index in [4.69, 9.17) is 0 Å². The molecular weight excluding hydrogens is 142 g/mol. The summed E-state index contributed by atoms with van der Waals surface area (Å²) in [7, 11) is 0. The van der Waals surface area contributed by atoms with Gasteiger partial charge in [0.05, 0.1) is 0 Å². The number of hydrogen-bond acceptors (Lipinski definition) is 0. The van der Waals surface area contributed by atoms with Crippen LogP contribution in [0.4, 0.5) is 0 Å². The maximum absolute atomic E-state index is 2.82. The molecule has 0 bridgehead atoms. The Hall–Kier alpha value is 0.960. The van der Waals surface area contributed by atoms with E-state index >= 15 is 0 Å². The molecule has 40 valence electrons. The van der Waals surface area contributed by atoms with Crippen LogP contribution in [0.25, 0.3) is 0 Å². The van der Waals surface area contributed by atoms with E-state index in [0.717, 1.165) is 0 Å². The first-order valence-electron chi connectivity index (χ1n) is 2.49. The van der Waals surface area contributed by atoms with Crippen LogP contribution in [-0.2, 0) is 0 Å². The summed E-state index contributed by atoms with van der Waals surface area (Å²) in [5.41, 5.74) is 0. The van der Waals surface area contributed by atoms with E-state index < -0.39 is 0 Å². The molecule has 0 saturated carbocycles. The van der Waals surface area contributed by atoms with Crippen LogP contribution in [0.5, 0.6) is 0 Å². The molecule has 1 rings (SSSR count). The Morgan fingerprint density at radius 3 is 1.40 bits per heavy atom. The Balaban J connectivity index is 0. The molecule has 0 N–H and O–H groups in total. The average Bonchev–Trinajstić information content (AvgIpc) is 1.62. The molecule has 2 heteroatoms. The van der Waals surface area contributed by atoms with Crippen LogP contribution in [0, 0.1) is 12.2 Å². The van der Waals surface area contributed by atoms with Crippen molar-refractivity contribution in [3.8, 4) is 0 Å². The van der Waals surface area contributed by atoms with E-state index in [-0.39, 0.29) is 59.1 Å². The summed E-state index contributed by atoms with van der Waals surface area (Å²) in [4.78, 5) is 0. The van der Waals surface area contributed by atoms with Crippen molar-refractivity contribution in [3.05, 3.63) is 48.6 Å². The van der Waals surface area contributed by atoms with Crippen molar-refractivity contribution < 1.29 is 59.1 Å².